The largest absolute Gasteiger partial charge is 0.356 e. The molecule has 1 fully saturated rings. The zero-order chi connectivity index (χ0) is 16.6. The quantitative estimate of drug-likeness (QED) is 0.844. The lowest BCUT2D eigenvalue weighted by Gasteiger charge is -2.09. The Bertz CT molecular complexity index is 634. The molecule has 2 aromatic rings. The first-order valence-electron chi connectivity index (χ1n) is 8.94. The van der Waals surface area contributed by atoms with Gasteiger partial charge in [0.05, 0.1) is 0 Å². The molecule has 1 aliphatic carbocycles. The predicted molar refractivity (Wildman–Crippen MR) is 95.4 cm³/mol. The molecular formula is C20H25N3O. The molecule has 1 aliphatic rings. The predicted octanol–water partition coefficient (Wildman–Crippen LogP) is 3.77. The van der Waals surface area contributed by atoms with E-state index >= 15 is 0 Å². The average Bonchev–Trinajstić information content (AvgIpc) is 3.15. The number of hydrogen-bond donors (Lipinski definition) is 1. The Hall–Kier alpha value is -2.23. The van der Waals surface area contributed by atoms with Gasteiger partial charge in [0, 0.05) is 30.9 Å². The van der Waals surface area contributed by atoms with Crippen molar-refractivity contribution >= 4 is 5.91 Å². The SMILES string of the molecule is O=C(CCC1CCCC1)NCCc1cnc(-c2ccccc2)nc1. The van der Waals surface area contributed by atoms with E-state index in [1.54, 1.807) is 0 Å². The fraction of sp³-hybridized carbons (Fsp3) is 0.450. The van der Waals surface area contributed by atoms with Gasteiger partial charge in [-0.3, -0.25) is 4.79 Å². The second-order valence-electron chi connectivity index (χ2n) is 6.57. The maximum absolute atomic E-state index is 11.9. The van der Waals surface area contributed by atoms with Crippen LogP contribution in [-0.4, -0.2) is 22.4 Å². The van der Waals surface area contributed by atoms with Gasteiger partial charge in [0.15, 0.2) is 5.82 Å². The van der Waals surface area contributed by atoms with E-state index in [-0.39, 0.29) is 5.91 Å². The molecule has 0 radical (unpaired) electrons. The van der Waals surface area contributed by atoms with E-state index in [1.807, 2.05) is 42.7 Å². The third kappa shape index (κ3) is 4.88. The van der Waals surface area contributed by atoms with Crippen LogP contribution in [0.1, 0.15) is 44.1 Å². The number of amides is 1. The first-order chi connectivity index (χ1) is 11.8. The molecule has 24 heavy (non-hydrogen) atoms. The fourth-order valence-corrected chi connectivity index (χ4v) is 3.29. The molecule has 126 valence electrons. The van der Waals surface area contributed by atoms with Crippen molar-refractivity contribution in [2.75, 3.05) is 6.54 Å². The first-order valence-corrected chi connectivity index (χ1v) is 8.94. The van der Waals surface area contributed by atoms with Crippen LogP contribution in [0.3, 0.4) is 0 Å². The monoisotopic (exact) mass is 323 g/mol. The second kappa shape index (κ2) is 8.57. The minimum Gasteiger partial charge on any atom is -0.356 e. The summed E-state index contributed by atoms with van der Waals surface area (Å²) in [5.41, 5.74) is 2.06. The van der Waals surface area contributed by atoms with Crippen LogP contribution in [0, 0.1) is 5.92 Å². The van der Waals surface area contributed by atoms with Crippen LogP contribution in [0.25, 0.3) is 11.4 Å². The van der Waals surface area contributed by atoms with Crippen LogP contribution < -0.4 is 5.32 Å². The molecule has 0 saturated heterocycles. The summed E-state index contributed by atoms with van der Waals surface area (Å²) in [5, 5.41) is 3.01. The van der Waals surface area contributed by atoms with Crippen LogP contribution in [0.4, 0.5) is 0 Å². The summed E-state index contributed by atoms with van der Waals surface area (Å²) in [4.78, 5) is 20.7. The summed E-state index contributed by atoms with van der Waals surface area (Å²) in [5.74, 6) is 1.68. The smallest absolute Gasteiger partial charge is 0.220 e. The van der Waals surface area contributed by atoms with Crippen molar-refractivity contribution in [2.24, 2.45) is 5.92 Å². The molecule has 0 bridgehead atoms. The standard InChI is InChI=1S/C20H25N3O/c24-19(11-10-16-6-4-5-7-16)21-13-12-17-14-22-20(23-15-17)18-8-2-1-3-9-18/h1-3,8-9,14-16H,4-7,10-13H2,(H,21,24). The third-order valence-corrected chi connectivity index (χ3v) is 4.73. The number of rotatable bonds is 7. The van der Waals surface area contributed by atoms with Gasteiger partial charge in [-0.25, -0.2) is 9.97 Å². The number of nitrogens with zero attached hydrogens (tertiary/aromatic N) is 2. The molecule has 4 nitrogen and oxygen atoms in total. The normalized spacial score (nSPS) is 14.7. The molecule has 0 unspecified atom stereocenters. The minimum absolute atomic E-state index is 0.170. The molecule has 1 aromatic carbocycles. The Balaban J connectivity index is 1.39. The highest BCUT2D eigenvalue weighted by atomic mass is 16.1. The van der Waals surface area contributed by atoms with Gasteiger partial charge >= 0.3 is 0 Å². The Morgan fingerprint density at radius 3 is 2.50 bits per heavy atom. The van der Waals surface area contributed by atoms with E-state index in [9.17, 15) is 4.79 Å². The molecule has 0 aliphatic heterocycles. The van der Waals surface area contributed by atoms with Crippen molar-refractivity contribution in [3.8, 4) is 11.4 Å². The van der Waals surface area contributed by atoms with Crippen molar-refractivity contribution < 1.29 is 4.79 Å². The highest BCUT2D eigenvalue weighted by Gasteiger charge is 2.15. The van der Waals surface area contributed by atoms with Crippen molar-refractivity contribution in [2.45, 2.75) is 44.9 Å². The van der Waals surface area contributed by atoms with E-state index in [0.717, 1.165) is 35.7 Å². The molecular weight excluding hydrogens is 298 g/mol. The topological polar surface area (TPSA) is 54.9 Å². The lowest BCUT2D eigenvalue weighted by molar-refractivity contribution is -0.121. The molecule has 1 amide bonds. The summed E-state index contributed by atoms with van der Waals surface area (Å²) in [6, 6.07) is 9.94. The van der Waals surface area contributed by atoms with Gasteiger partial charge in [0.1, 0.15) is 0 Å². The van der Waals surface area contributed by atoms with E-state index < -0.39 is 0 Å². The van der Waals surface area contributed by atoms with E-state index in [2.05, 4.69) is 15.3 Å². The van der Waals surface area contributed by atoms with Gasteiger partial charge in [-0.05, 0) is 24.3 Å². The Labute approximate surface area is 143 Å². The maximum atomic E-state index is 11.9. The first kappa shape index (κ1) is 16.6. The summed E-state index contributed by atoms with van der Waals surface area (Å²) in [6.45, 7) is 0.650. The Kier molecular flexibility index (Phi) is 5.94. The van der Waals surface area contributed by atoms with Gasteiger partial charge in [0.25, 0.3) is 0 Å². The van der Waals surface area contributed by atoms with Crippen LogP contribution in [0.15, 0.2) is 42.7 Å². The van der Waals surface area contributed by atoms with Crippen molar-refractivity contribution in [1.82, 2.24) is 15.3 Å². The molecule has 0 spiro atoms. The number of hydrogen-bond acceptors (Lipinski definition) is 3. The van der Waals surface area contributed by atoms with Crippen molar-refractivity contribution in [3.05, 3.63) is 48.3 Å². The van der Waals surface area contributed by atoms with E-state index in [0.29, 0.717) is 13.0 Å². The average molecular weight is 323 g/mol. The van der Waals surface area contributed by atoms with Crippen LogP contribution in [0.5, 0.6) is 0 Å². The van der Waals surface area contributed by atoms with Gasteiger partial charge in [-0.2, -0.15) is 0 Å². The number of carbonyl (C=O) groups is 1. The molecule has 3 rings (SSSR count). The lowest BCUT2D eigenvalue weighted by atomic mass is 10.0. The molecule has 1 N–H and O–H groups in total. The van der Waals surface area contributed by atoms with Gasteiger partial charge < -0.3 is 5.32 Å². The van der Waals surface area contributed by atoms with E-state index in [4.69, 9.17) is 0 Å². The van der Waals surface area contributed by atoms with Crippen molar-refractivity contribution in [1.29, 1.82) is 0 Å². The maximum Gasteiger partial charge on any atom is 0.220 e. The highest BCUT2D eigenvalue weighted by Crippen LogP contribution is 2.28. The van der Waals surface area contributed by atoms with Gasteiger partial charge in [-0.1, -0.05) is 56.0 Å². The fourth-order valence-electron chi connectivity index (χ4n) is 3.29. The Morgan fingerprint density at radius 1 is 1.08 bits per heavy atom. The van der Waals surface area contributed by atoms with E-state index in [1.165, 1.54) is 25.7 Å². The molecule has 1 heterocycles. The number of aromatic nitrogens is 2. The van der Waals surface area contributed by atoms with Gasteiger partial charge in [-0.15, -0.1) is 0 Å². The highest BCUT2D eigenvalue weighted by molar-refractivity contribution is 5.75. The van der Waals surface area contributed by atoms with Crippen molar-refractivity contribution in [3.63, 3.8) is 0 Å². The molecule has 0 atom stereocenters. The second-order valence-corrected chi connectivity index (χ2v) is 6.57. The lowest BCUT2D eigenvalue weighted by Crippen LogP contribution is -2.25. The summed E-state index contributed by atoms with van der Waals surface area (Å²) in [7, 11) is 0. The summed E-state index contributed by atoms with van der Waals surface area (Å²) in [6.07, 6.45) is 11.5. The Morgan fingerprint density at radius 2 is 1.79 bits per heavy atom. The summed E-state index contributed by atoms with van der Waals surface area (Å²) < 4.78 is 0. The summed E-state index contributed by atoms with van der Waals surface area (Å²) >= 11 is 0. The third-order valence-electron chi connectivity index (χ3n) is 4.73. The number of carbonyl (C=O) groups excluding carboxylic acids is 1. The van der Waals surface area contributed by atoms with Gasteiger partial charge in [0.2, 0.25) is 5.91 Å². The zero-order valence-electron chi connectivity index (χ0n) is 14.1. The molecule has 4 heteroatoms. The van der Waals surface area contributed by atoms with Crippen LogP contribution >= 0.6 is 0 Å². The number of benzene rings is 1. The van der Waals surface area contributed by atoms with Crippen LogP contribution in [0.2, 0.25) is 0 Å². The number of nitrogens with one attached hydrogen (secondary N) is 1. The minimum atomic E-state index is 0.170. The zero-order valence-corrected chi connectivity index (χ0v) is 14.1. The molecule has 1 aromatic heterocycles. The van der Waals surface area contributed by atoms with Crippen LogP contribution in [-0.2, 0) is 11.2 Å². The molecule has 1 saturated carbocycles.